The largest absolute Gasteiger partial charge is 0.351 e. The smallest absolute Gasteiger partial charge is 0.227 e. The molecule has 0 saturated heterocycles. The van der Waals surface area contributed by atoms with E-state index in [1.165, 1.54) is 5.56 Å². The fourth-order valence-electron chi connectivity index (χ4n) is 2.56. The molecule has 1 aromatic rings. The summed E-state index contributed by atoms with van der Waals surface area (Å²) in [5, 5.41) is 0. The normalized spacial score (nSPS) is 15.3. The average Bonchev–Trinajstić information content (AvgIpc) is 2.60. The molecule has 0 saturated carbocycles. The maximum atomic E-state index is 12.3. The first-order valence-electron chi connectivity index (χ1n) is 7.37. The Kier molecular flexibility index (Phi) is 5.56. The highest BCUT2D eigenvalue weighted by molar-refractivity contribution is 5.94. The number of ether oxygens (including phenoxy) is 2. The molecular weight excluding hydrogens is 254 g/mol. The Labute approximate surface area is 120 Å². The third-order valence-corrected chi connectivity index (χ3v) is 3.46. The van der Waals surface area contributed by atoms with Gasteiger partial charge < -0.3 is 14.4 Å². The molecule has 2 rings (SSSR count). The number of benzene rings is 1. The summed E-state index contributed by atoms with van der Waals surface area (Å²) < 4.78 is 11.1. The fraction of sp³-hybridized carbons (Fsp3) is 0.562. The van der Waals surface area contributed by atoms with Crippen molar-refractivity contribution in [2.24, 2.45) is 0 Å². The van der Waals surface area contributed by atoms with Gasteiger partial charge in [-0.2, -0.15) is 0 Å². The number of carbonyl (C=O) groups excluding carboxylic acids is 1. The number of carbonyl (C=O) groups is 1. The van der Waals surface area contributed by atoms with E-state index in [4.69, 9.17) is 9.47 Å². The van der Waals surface area contributed by atoms with Gasteiger partial charge in [0.2, 0.25) is 5.91 Å². The molecule has 0 unspecified atom stereocenters. The maximum absolute atomic E-state index is 12.3. The zero-order valence-electron chi connectivity index (χ0n) is 12.3. The van der Waals surface area contributed by atoms with Gasteiger partial charge in [0.25, 0.3) is 0 Å². The van der Waals surface area contributed by atoms with Crippen LogP contribution in [-0.4, -0.2) is 32.0 Å². The number of aryl methyl sites for hydroxylation is 1. The van der Waals surface area contributed by atoms with Crippen LogP contribution in [0.1, 0.15) is 32.3 Å². The van der Waals surface area contributed by atoms with Crippen LogP contribution in [0.5, 0.6) is 0 Å². The van der Waals surface area contributed by atoms with Crippen LogP contribution >= 0.6 is 0 Å². The number of amides is 1. The standard InChI is InChI=1S/C16H23NO3/c1-3-19-16(20-4-2)12-17-14-10-6-5-8-13(14)9-7-11-15(17)18/h5-6,8,10,16H,3-4,7,9,11-12H2,1-2H3. The van der Waals surface area contributed by atoms with Gasteiger partial charge in [-0.1, -0.05) is 18.2 Å². The molecule has 0 aliphatic carbocycles. The van der Waals surface area contributed by atoms with Crippen LogP contribution in [0.15, 0.2) is 24.3 Å². The van der Waals surface area contributed by atoms with E-state index in [0.29, 0.717) is 26.2 Å². The molecule has 20 heavy (non-hydrogen) atoms. The number of hydrogen-bond acceptors (Lipinski definition) is 3. The minimum atomic E-state index is -0.361. The van der Waals surface area contributed by atoms with Gasteiger partial charge in [0.05, 0.1) is 6.54 Å². The van der Waals surface area contributed by atoms with Crippen molar-refractivity contribution < 1.29 is 14.3 Å². The lowest BCUT2D eigenvalue weighted by molar-refractivity contribution is -0.135. The molecule has 0 radical (unpaired) electrons. The van der Waals surface area contributed by atoms with Gasteiger partial charge in [-0.15, -0.1) is 0 Å². The first-order chi connectivity index (χ1) is 9.76. The monoisotopic (exact) mass is 277 g/mol. The van der Waals surface area contributed by atoms with Crippen molar-refractivity contribution in [2.75, 3.05) is 24.7 Å². The number of nitrogens with zero attached hydrogens (tertiary/aromatic N) is 1. The number of rotatable bonds is 6. The molecule has 0 bridgehead atoms. The van der Waals surface area contributed by atoms with E-state index in [0.717, 1.165) is 18.5 Å². The van der Waals surface area contributed by atoms with Crippen LogP contribution in [0.25, 0.3) is 0 Å². The highest BCUT2D eigenvalue weighted by atomic mass is 16.7. The van der Waals surface area contributed by atoms with Gasteiger partial charge in [-0.05, 0) is 38.3 Å². The third kappa shape index (κ3) is 3.58. The minimum absolute atomic E-state index is 0.152. The number of anilines is 1. The molecule has 0 atom stereocenters. The van der Waals surface area contributed by atoms with Gasteiger partial charge in [-0.3, -0.25) is 4.79 Å². The summed E-state index contributed by atoms with van der Waals surface area (Å²) in [7, 11) is 0. The summed E-state index contributed by atoms with van der Waals surface area (Å²) in [5.74, 6) is 0.152. The summed E-state index contributed by atoms with van der Waals surface area (Å²) in [6, 6.07) is 8.10. The molecule has 4 heteroatoms. The SMILES string of the molecule is CCOC(CN1C(=O)CCCc2ccccc21)OCC. The van der Waals surface area contributed by atoms with Gasteiger partial charge in [0.15, 0.2) is 6.29 Å². The molecule has 0 N–H and O–H groups in total. The van der Waals surface area contributed by atoms with Crippen LogP contribution in [0.3, 0.4) is 0 Å². The summed E-state index contributed by atoms with van der Waals surface area (Å²) >= 11 is 0. The molecule has 0 spiro atoms. The van der Waals surface area contributed by atoms with Crippen molar-refractivity contribution in [1.82, 2.24) is 0 Å². The molecule has 1 aliphatic heterocycles. The van der Waals surface area contributed by atoms with Gasteiger partial charge in [-0.25, -0.2) is 0 Å². The molecule has 1 heterocycles. The van der Waals surface area contributed by atoms with Crippen LogP contribution in [0, 0.1) is 0 Å². The minimum Gasteiger partial charge on any atom is -0.351 e. The van der Waals surface area contributed by atoms with E-state index in [9.17, 15) is 4.79 Å². The highest BCUT2D eigenvalue weighted by Gasteiger charge is 2.25. The highest BCUT2D eigenvalue weighted by Crippen LogP contribution is 2.27. The zero-order chi connectivity index (χ0) is 14.4. The Hall–Kier alpha value is -1.39. The van der Waals surface area contributed by atoms with Crippen molar-refractivity contribution in [3.8, 4) is 0 Å². The van der Waals surface area contributed by atoms with Crippen LogP contribution in [0.4, 0.5) is 5.69 Å². The molecule has 1 aliphatic rings. The lowest BCUT2D eigenvalue weighted by atomic mass is 10.1. The second kappa shape index (κ2) is 7.41. The molecule has 0 aromatic heterocycles. The summed E-state index contributed by atoms with van der Waals surface area (Å²) in [6.07, 6.45) is 2.08. The molecule has 1 amide bonds. The Bertz CT molecular complexity index is 441. The van der Waals surface area contributed by atoms with E-state index in [1.807, 2.05) is 36.9 Å². The molecule has 110 valence electrons. The maximum Gasteiger partial charge on any atom is 0.227 e. The first-order valence-corrected chi connectivity index (χ1v) is 7.37. The Morgan fingerprint density at radius 2 is 1.85 bits per heavy atom. The first kappa shape index (κ1) is 15.0. The van der Waals surface area contributed by atoms with Crippen molar-refractivity contribution in [1.29, 1.82) is 0 Å². The average molecular weight is 277 g/mol. The lowest BCUT2D eigenvalue weighted by Gasteiger charge is -2.27. The Balaban J connectivity index is 2.20. The Morgan fingerprint density at radius 3 is 2.55 bits per heavy atom. The van der Waals surface area contributed by atoms with Crippen LogP contribution in [0.2, 0.25) is 0 Å². The quantitative estimate of drug-likeness (QED) is 0.750. The van der Waals surface area contributed by atoms with Crippen molar-refractivity contribution in [3.05, 3.63) is 29.8 Å². The molecular formula is C16H23NO3. The van der Waals surface area contributed by atoms with E-state index in [-0.39, 0.29) is 12.2 Å². The summed E-state index contributed by atoms with van der Waals surface area (Å²) in [6.45, 7) is 5.48. The summed E-state index contributed by atoms with van der Waals surface area (Å²) in [5.41, 5.74) is 2.23. The predicted octanol–water partition coefficient (Wildman–Crippen LogP) is 2.76. The van der Waals surface area contributed by atoms with E-state index in [2.05, 4.69) is 6.07 Å². The molecule has 0 fully saturated rings. The third-order valence-electron chi connectivity index (χ3n) is 3.46. The zero-order valence-corrected chi connectivity index (χ0v) is 12.3. The number of para-hydroxylation sites is 1. The summed E-state index contributed by atoms with van der Waals surface area (Å²) in [4.78, 5) is 14.2. The second-order valence-electron chi connectivity index (χ2n) is 4.83. The van der Waals surface area contributed by atoms with Crippen LogP contribution < -0.4 is 4.90 Å². The van der Waals surface area contributed by atoms with Gasteiger partial charge in [0, 0.05) is 25.3 Å². The van der Waals surface area contributed by atoms with Crippen molar-refractivity contribution >= 4 is 11.6 Å². The fourth-order valence-corrected chi connectivity index (χ4v) is 2.56. The number of fused-ring (bicyclic) bond motifs is 1. The van der Waals surface area contributed by atoms with Crippen molar-refractivity contribution in [2.45, 2.75) is 39.4 Å². The topological polar surface area (TPSA) is 38.8 Å². The van der Waals surface area contributed by atoms with E-state index in [1.54, 1.807) is 0 Å². The number of hydrogen-bond donors (Lipinski definition) is 0. The van der Waals surface area contributed by atoms with Gasteiger partial charge >= 0.3 is 0 Å². The van der Waals surface area contributed by atoms with E-state index >= 15 is 0 Å². The second-order valence-corrected chi connectivity index (χ2v) is 4.83. The Morgan fingerprint density at radius 1 is 1.15 bits per heavy atom. The molecule has 4 nitrogen and oxygen atoms in total. The molecule has 1 aromatic carbocycles. The van der Waals surface area contributed by atoms with Gasteiger partial charge in [0.1, 0.15) is 0 Å². The van der Waals surface area contributed by atoms with E-state index < -0.39 is 0 Å². The predicted molar refractivity (Wildman–Crippen MR) is 78.8 cm³/mol. The van der Waals surface area contributed by atoms with Crippen LogP contribution in [-0.2, 0) is 20.7 Å². The van der Waals surface area contributed by atoms with Crippen molar-refractivity contribution in [3.63, 3.8) is 0 Å². The lowest BCUT2D eigenvalue weighted by Crippen LogP contribution is -2.39.